The highest BCUT2D eigenvalue weighted by atomic mass is 19.3. The van der Waals surface area contributed by atoms with Crippen LogP contribution < -0.4 is 5.73 Å². The van der Waals surface area contributed by atoms with Crippen LogP contribution in [0.2, 0.25) is 0 Å². The smallest absolute Gasteiger partial charge is 0.357 e. The van der Waals surface area contributed by atoms with E-state index in [-0.39, 0.29) is 18.0 Å². The number of anilines is 1. The fraction of sp³-hybridized carbons (Fsp3) is 0.400. The lowest BCUT2D eigenvalue weighted by molar-refractivity contribution is 0.0507. The fourth-order valence-electron chi connectivity index (χ4n) is 1.17. The number of hydrogen-bond acceptors (Lipinski definition) is 4. The molecule has 0 saturated heterocycles. The van der Waals surface area contributed by atoms with E-state index >= 15 is 0 Å². The van der Waals surface area contributed by atoms with Crippen LogP contribution in [0.15, 0.2) is 6.07 Å². The van der Waals surface area contributed by atoms with Crippen molar-refractivity contribution in [3.05, 3.63) is 23.0 Å². The Hall–Kier alpha value is -1.72. The Balaban J connectivity index is 3.24. The Kier molecular flexibility index (Phi) is 3.76. The minimum atomic E-state index is -2.81. The number of halogens is 2. The summed E-state index contributed by atoms with van der Waals surface area (Å²) in [6.07, 6.45) is -2.81. The Bertz CT molecular complexity index is 408. The van der Waals surface area contributed by atoms with E-state index in [0.29, 0.717) is 5.69 Å². The van der Waals surface area contributed by atoms with Gasteiger partial charge < -0.3 is 10.5 Å². The monoisotopic (exact) mass is 230 g/mol. The zero-order valence-corrected chi connectivity index (χ0v) is 8.96. The number of rotatable bonds is 3. The SMILES string of the molecule is CCOC(=O)c1nc(C)c(N)cc1C(F)F. The average Bonchev–Trinajstić information content (AvgIpc) is 2.21. The summed E-state index contributed by atoms with van der Waals surface area (Å²) >= 11 is 0. The molecule has 0 amide bonds. The number of carbonyl (C=O) groups is 1. The molecule has 0 aliphatic rings. The maximum atomic E-state index is 12.6. The van der Waals surface area contributed by atoms with Gasteiger partial charge in [-0.2, -0.15) is 0 Å². The molecule has 0 aromatic carbocycles. The molecule has 6 heteroatoms. The van der Waals surface area contributed by atoms with Crippen LogP contribution in [-0.4, -0.2) is 17.6 Å². The number of alkyl halides is 2. The summed E-state index contributed by atoms with van der Waals surface area (Å²) in [5.74, 6) is -0.860. The third-order valence-electron chi connectivity index (χ3n) is 1.99. The van der Waals surface area contributed by atoms with Gasteiger partial charge in [-0.05, 0) is 19.9 Å². The third-order valence-corrected chi connectivity index (χ3v) is 1.99. The second-order valence-corrected chi connectivity index (χ2v) is 3.12. The van der Waals surface area contributed by atoms with Crippen LogP contribution in [0.5, 0.6) is 0 Å². The summed E-state index contributed by atoms with van der Waals surface area (Å²) in [7, 11) is 0. The first kappa shape index (κ1) is 12.4. The Morgan fingerprint density at radius 2 is 2.25 bits per heavy atom. The van der Waals surface area contributed by atoms with Crippen molar-refractivity contribution in [3.63, 3.8) is 0 Å². The average molecular weight is 230 g/mol. The third kappa shape index (κ3) is 2.44. The Morgan fingerprint density at radius 1 is 1.62 bits per heavy atom. The molecule has 0 aliphatic carbocycles. The quantitative estimate of drug-likeness (QED) is 0.807. The van der Waals surface area contributed by atoms with E-state index in [2.05, 4.69) is 9.72 Å². The van der Waals surface area contributed by atoms with Gasteiger partial charge in [-0.25, -0.2) is 18.6 Å². The number of ether oxygens (including phenoxy) is 1. The number of carbonyl (C=O) groups excluding carboxylic acids is 1. The van der Waals surface area contributed by atoms with Gasteiger partial charge in [-0.15, -0.1) is 0 Å². The van der Waals surface area contributed by atoms with Crippen molar-refractivity contribution in [2.45, 2.75) is 20.3 Å². The van der Waals surface area contributed by atoms with Crippen LogP contribution in [0.1, 0.15) is 35.1 Å². The Labute approximate surface area is 91.4 Å². The number of nitrogen functional groups attached to an aromatic ring is 1. The van der Waals surface area contributed by atoms with Gasteiger partial charge in [0.05, 0.1) is 23.6 Å². The first-order chi connectivity index (χ1) is 7.47. The second-order valence-electron chi connectivity index (χ2n) is 3.12. The molecule has 88 valence electrons. The molecular weight excluding hydrogens is 218 g/mol. The molecule has 0 radical (unpaired) electrons. The molecule has 1 aromatic rings. The molecular formula is C10H12F2N2O2. The number of esters is 1. The number of aromatic nitrogens is 1. The minimum absolute atomic E-state index is 0.104. The molecule has 1 heterocycles. The Morgan fingerprint density at radius 3 is 2.75 bits per heavy atom. The molecule has 0 atom stereocenters. The molecule has 1 aromatic heterocycles. The highest BCUT2D eigenvalue weighted by molar-refractivity contribution is 5.89. The van der Waals surface area contributed by atoms with E-state index in [0.717, 1.165) is 6.07 Å². The molecule has 0 unspecified atom stereocenters. The van der Waals surface area contributed by atoms with Crippen LogP contribution in [-0.2, 0) is 4.74 Å². The summed E-state index contributed by atoms with van der Waals surface area (Å²) in [5.41, 5.74) is 5.04. The number of hydrogen-bond donors (Lipinski definition) is 1. The van der Waals surface area contributed by atoms with E-state index in [1.54, 1.807) is 6.92 Å². The molecule has 2 N–H and O–H groups in total. The van der Waals surface area contributed by atoms with Crippen molar-refractivity contribution in [3.8, 4) is 0 Å². The van der Waals surface area contributed by atoms with Crippen molar-refractivity contribution < 1.29 is 18.3 Å². The van der Waals surface area contributed by atoms with Crippen molar-refractivity contribution in [2.75, 3.05) is 12.3 Å². The zero-order valence-electron chi connectivity index (χ0n) is 8.96. The second kappa shape index (κ2) is 4.87. The highest BCUT2D eigenvalue weighted by Gasteiger charge is 2.22. The lowest BCUT2D eigenvalue weighted by Crippen LogP contribution is -2.13. The van der Waals surface area contributed by atoms with Gasteiger partial charge in [0.15, 0.2) is 5.69 Å². The van der Waals surface area contributed by atoms with Crippen LogP contribution in [0.3, 0.4) is 0 Å². The standard InChI is InChI=1S/C10H12F2N2O2/c1-3-16-10(15)8-6(9(11)12)4-7(13)5(2)14-8/h4,9H,3,13H2,1-2H3. The highest BCUT2D eigenvalue weighted by Crippen LogP contribution is 2.25. The lowest BCUT2D eigenvalue weighted by Gasteiger charge is -2.09. The summed E-state index contributed by atoms with van der Waals surface area (Å²) in [5, 5.41) is 0. The number of pyridine rings is 1. The van der Waals surface area contributed by atoms with Crippen LogP contribution in [0.25, 0.3) is 0 Å². The van der Waals surface area contributed by atoms with Crippen LogP contribution in [0.4, 0.5) is 14.5 Å². The van der Waals surface area contributed by atoms with Crippen molar-refractivity contribution in [2.24, 2.45) is 0 Å². The van der Waals surface area contributed by atoms with Gasteiger partial charge in [0, 0.05) is 0 Å². The van der Waals surface area contributed by atoms with Gasteiger partial charge in [0.1, 0.15) is 0 Å². The lowest BCUT2D eigenvalue weighted by atomic mass is 10.1. The van der Waals surface area contributed by atoms with Gasteiger partial charge in [0.2, 0.25) is 0 Å². The van der Waals surface area contributed by atoms with E-state index in [9.17, 15) is 13.6 Å². The van der Waals surface area contributed by atoms with E-state index in [1.807, 2.05) is 0 Å². The van der Waals surface area contributed by atoms with E-state index in [1.165, 1.54) is 6.92 Å². The zero-order chi connectivity index (χ0) is 12.3. The van der Waals surface area contributed by atoms with Crippen molar-refractivity contribution in [1.82, 2.24) is 4.98 Å². The maximum Gasteiger partial charge on any atom is 0.357 e. The first-order valence-electron chi connectivity index (χ1n) is 4.69. The summed E-state index contributed by atoms with van der Waals surface area (Å²) in [4.78, 5) is 15.1. The molecule has 0 saturated carbocycles. The summed E-state index contributed by atoms with van der Waals surface area (Å²) in [6.45, 7) is 3.23. The largest absolute Gasteiger partial charge is 0.461 e. The van der Waals surface area contributed by atoms with Gasteiger partial charge in [-0.3, -0.25) is 0 Å². The van der Waals surface area contributed by atoms with Gasteiger partial charge in [0.25, 0.3) is 6.43 Å². The van der Waals surface area contributed by atoms with E-state index in [4.69, 9.17) is 5.73 Å². The van der Waals surface area contributed by atoms with Gasteiger partial charge >= 0.3 is 5.97 Å². The summed E-state index contributed by atoms with van der Waals surface area (Å²) < 4.78 is 29.9. The molecule has 1 rings (SSSR count). The maximum absolute atomic E-state index is 12.6. The molecule has 16 heavy (non-hydrogen) atoms. The molecule has 0 aliphatic heterocycles. The number of nitrogens with zero attached hydrogens (tertiary/aromatic N) is 1. The molecule has 0 bridgehead atoms. The number of nitrogens with two attached hydrogens (primary N) is 1. The fourth-order valence-corrected chi connectivity index (χ4v) is 1.17. The molecule has 0 fully saturated rings. The summed E-state index contributed by atoms with van der Waals surface area (Å²) in [6, 6.07) is 1.05. The topological polar surface area (TPSA) is 65.2 Å². The first-order valence-corrected chi connectivity index (χ1v) is 4.69. The minimum Gasteiger partial charge on any atom is -0.461 e. The molecule has 4 nitrogen and oxygen atoms in total. The van der Waals surface area contributed by atoms with Crippen molar-refractivity contribution in [1.29, 1.82) is 0 Å². The normalized spacial score (nSPS) is 10.6. The number of aryl methyl sites for hydroxylation is 1. The van der Waals surface area contributed by atoms with Crippen LogP contribution >= 0.6 is 0 Å². The van der Waals surface area contributed by atoms with Gasteiger partial charge in [-0.1, -0.05) is 0 Å². The predicted octanol–water partition coefficient (Wildman–Crippen LogP) is 2.09. The van der Waals surface area contributed by atoms with E-state index < -0.39 is 18.0 Å². The van der Waals surface area contributed by atoms with Crippen molar-refractivity contribution >= 4 is 11.7 Å². The molecule has 0 spiro atoms. The predicted molar refractivity (Wildman–Crippen MR) is 54.3 cm³/mol. The van der Waals surface area contributed by atoms with Crippen LogP contribution in [0, 0.1) is 6.92 Å².